The third-order valence-corrected chi connectivity index (χ3v) is 4.12. The molecule has 2 aliphatic heterocycles. The molecule has 0 radical (unpaired) electrons. The van der Waals surface area contributed by atoms with Crippen molar-refractivity contribution in [3.63, 3.8) is 0 Å². The van der Waals surface area contributed by atoms with E-state index in [9.17, 15) is 9.59 Å². The molecule has 9 heteroatoms. The van der Waals surface area contributed by atoms with Gasteiger partial charge in [-0.05, 0) is 13.8 Å². The van der Waals surface area contributed by atoms with Crippen LogP contribution < -0.4 is 0 Å². The van der Waals surface area contributed by atoms with E-state index in [4.69, 9.17) is 27.3 Å². The zero-order chi connectivity index (χ0) is 16.8. The molecule has 2 fully saturated rings. The molecule has 8 nitrogen and oxygen atoms in total. The van der Waals surface area contributed by atoms with E-state index in [1.165, 1.54) is 0 Å². The van der Waals surface area contributed by atoms with Crippen molar-refractivity contribution in [2.24, 2.45) is 0 Å². The van der Waals surface area contributed by atoms with Crippen LogP contribution in [-0.2, 0) is 36.9 Å². The molecule has 0 unspecified atom stereocenters. The summed E-state index contributed by atoms with van der Waals surface area (Å²) in [4.78, 5) is 23.1. The monoisotopic (exact) mass is 350 g/mol. The molecule has 0 spiro atoms. The van der Waals surface area contributed by atoms with Gasteiger partial charge in [0.15, 0.2) is 11.6 Å². The van der Waals surface area contributed by atoms with Gasteiger partial charge in [-0.2, -0.15) is 0 Å². The number of rotatable bonds is 8. The van der Waals surface area contributed by atoms with Gasteiger partial charge in [-0.25, -0.2) is 0 Å². The van der Waals surface area contributed by atoms with Gasteiger partial charge in [0.25, 0.3) is 12.3 Å². The molecule has 0 aromatic rings. The summed E-state index contributed by atoms with van der Waals surface area (Å²) in [5, 5.41) is 0. The minimum Gasteiger partial charge on any atom is -0.355 e. The maximum Gasteiger partial charge on any atom is 0.321 e. The van der Waals surface area contributed by atoms with Crippen LogP contribution in [0.3, 0.4) is 0 Å². The first kappa shape index (κ1) is 18.5. The minimum absolute atomic E-state index is 0.112. The molecule has 0 saturated carbocycles. The molecule has 0 bridgehead atoms. The van der Waals surface area contributed by atoms with Crippen LogP contribution in [0.5, 0.6) is 0 Å². The van der Waals surface area contributed by atoms with Gasteiger partial charge in [-0.1, -0.05) is 0 Å². The molecule has 0 N–H and O–H groups in total. The maximum absolute atomic E-state index is 11.6. The molecule has 2 saturated heterocycles. The lowest BCUT2D eigenvalue weighted by atomic mass is 10.2. The number of carbonyl (C=O) groups excluding carboxylic acids is 2. The highest BCUT2D eigenvalue weighted by atomic mass is 32.2. The summed E-state index contributed by atoms with van der Waals surface area (Å²) >= 11 is 0.370. The van der Waals surface area contributed by atoms with Gasteiger partial charge in [0.2, 0.25) is 0 Å². The van der Waals surface area contributed by atoms with Gasteiger partial charge in [-0.3, -0.25) is 9.59 Å². The third kappa shape index (κ3) is 6.27. The predicted octanol–water partition coefficient (Wildman–Crippen LogP) is 1.72. The highest BCUT2D eigenvalue weighted by Gasteiger charge is 2.32. The minimum atomic E-state index is -0.739. The van der Waals surface area contributed by atoms with Crippen molar-refractivity contribution >= 4 is 24.3 Å². The fourth-order valence-electron chi connectivity index (χ4n) is 2.24. The molecule has 0 aliphatic carbocycles. The van der Waals surface area contributed by atoms with E-state index in [1.807, 2.05) is 0 Å². The normalized spacial score (nSPS) is 22.0. The van der Waals surface area contributed by atoms with Crippen LogP contribution in [-0.4, -0.2) is 49.9 Å². The Kier molecular flexibility index (Phi) is 6.66. The van der Waals surface area contributed by atoms with E-state index in [1.54, 1.807) is 13.8 Å². The van der Waals surface area contributed by atoms with Crippen LogP contribution in [0, 0.1) is 0 Å². The van der Waals surface area contributed by atoms with E-state index >= 15 is 0 Å². The van der Waals surface area contributed by atoms with Gasteiger partial charge in [0.1, 0.15) is 0 Å². The lowest BCUT2D eigenvalue weighted by Crippen LogP contribution is -2.26. The molecule has 0 aromatic heterocycles. The molecule has 0 atom stereocenters. The fraction of sp³-hybridized carbons (Fsp3) is 0.857. The average Bonchev–Trinajstić information content (AvgIpc) is 3.13. The van der Waals surface area contributed by atoms with Gasteiger partial charge < -0.3 is 27.3 Å². The standard InChI is InChI=1S/C14H22O8S/c1-13(17-7-8-18-13)5-3-11(15)21-23-22-12(16)4-6-14(2)19-9-10-20-14/h3-10H2,1-2H3. The zero-order valence-corrected chi connectivity index (χ0v) is 14.1. The summed E-state index contributed by atoms with van der Waals surface area (Å²) in [7, 11) is 0. The molecule has 0 aromatic carbocycles. The molecule has 2 aliphatic rings. The molecule has 0 amide bonds. The lowest BCUT2D eigenvalue weighted by molar-refractivity contribution is -0.157. The van der Waals surface area contributed by atoms with Gasteiger partial charge in [0.05, 0.1) is 39.3 Å². The van der Waals surface area contributed by atoms with E-state index in [0.29, 0.717) is 51.6 Å². The number of carbonyl (C=O) groups is 2. The fourth-order valence-corrected chi connectivity index (χ4v) is 2.59. The van der Waals surface area contributed by atoms with Crippen molar-refractivity contribution in [2.75, 3.05) is 26.4 Å². The second kappa shape index (κ2) is 8.29. The highest BCUT2D eigenvalue weighted by molar-refractivity contribution is 7.90. The first-order valence-electron chi connectivity index (χ1n) is 7.54. The van der Waals surface area contributed by atoms with E-state index < -0.39 is 23.5 Å². The molecule has 23 heavy (non-hydrogen) atoms. The van der Waals surface area contributed by atoms with Crippen molar-refractivity contribution in [3.05, 3.63) is 0 Å². The first-order valence-corrected chi connectivity index (χ1v) is 8.20. The van der Waals surface area contributed by atoms with Crippen molar-refractivity contribution in [3.8, 4) is 0 Å². The van der Waals surface area contributed by atoms with Crippen LogP contribution in [0.2, 0.25) is 0 Å². The third-order valence-electron chi connectivity index (χ3n) is 3.62. The van der Waals surface area contributed by atoms with Crippen LogP contribution >= 0.6 is 12.3 Å². The molecule has 2 heterocycles. The topological polar surface area (TPSA) is 89.5 Å². The highest BCUT2D eigenvalue weighted by Crippen LogP contribution is 2.26. The smallest absolute Gasteiger partial charge is 0.321 e. The number of ether oxygens (including phenoxy) is 4. The Bertz CT molecular complexity index is 377. The van der Waals surface area contributed by atoms with E-state index in [-0.39, 0.29) is 12.8 Å². The Hall–Kier alpha value is -0.870. The second-order valence-electron chi connectivity index (χ2n) is 5.64. The SMILES string of the molecule is CC1(CCC(=O)OSOC(=O)CCC2(C)OCCO2)OCCO1. The van der Waals surface area contributed by atoms with Gasteiger partial charge >= 0.3 is 11.9 Å². The van der Waals surface area contributed by atoms with Crippen LogP contribution in [0.1, 0.15) is 39.5 Å². The maximum atomic E-state index is 11.6. The van der Waals surface area contributed by atoms with Crippen molar-refractivity contribution in [1.29, 1.82) is 0 Å². The summed E-state index contributed by atoms with van der Waals surface area (Å²) in [6.45, 7) is 5.62. The van der Waals surface area contributed by atoms with Crippen molar-refractivity contribution in [1.82, 2.24) is 0 Å². The van der Waals surface area contributed by atoms with Crippen LogP contribution in [0.15, 0.2) is 0 Å². The molecular formula is C14H22O8S. The van der Waals surface area contributed by atoms with E-state index in [0.717, 1.165) is 0 Å². The molecule has 132 valence electrons. The summed E-state index contributed by atoms with van der Waals surface area (Å²) < 4.78 is 31.1. The number of hydrogen-bond donors (Lipinski definition) is 0. The summed E-state index contributed by atoms with van der Waals surface area (Å²) in [5.41, 5.74) is 0. The van der Waals surface area contributed by atoms with Crippen LogP contribution in [0.25, 0.3) is 0 Å². The predicted molar refractivity (Wildman–Crippen MR) is 78.9 cm³/mol. The molecular weight excluding hydrogens is 328 g/mol. The van der Waals surface area contributed by atoms with Crippen molar-refractivity contribution < 1.29 is 36.9 Å². The zero-order valence-electron chi connectivity index (χ0n) is 13.3. The summed E-state index contributed by atoms with van der Waals surface area (Å²) in [6.07, 6.45) is 0.988. The Labute approximate surface area is 139 Å². The average molecular weight is 350 g/mol. The van der Waals surface area contributed by atoms with Crippen molar-refractivity contribution in [2.45, 2.75) is 51.1 Å². The Morgan fingerprint density at radius 3 is 1.52 bits per heavy atom. The quantitative estimate of drug-likeness (QED) is 0.607. The van der Waals surface area contributed by atoms with Gasteiger partial charge in [0, 0.05) is 12.8 Å². The molecule has 2 rings (SSSR count). The number of hydrogen-bond acceptors (Lipinski definition) is 9. The Morgan fingerprint density at radius 2 is 1.17 bits per heavy atom. The van der Waals surface area contributed by atoms with Gasteiger partial charge in [-0.15, -0.1) is 0 Å². The summed E-state index contributed by atoms with van der Waals surface area (Å²) in [6, 6.07) is 0. The summed E-state index contributed by atoms with van der Waals surface area (Å²) in [5.74, 6) is -2.48. The lowest BCUT2D eigenvalue weighted by Gasteiger charge is -2.21. The second-order valence-corrected chi connectivity index (χ2v) is 6.11. The largest absolute Gasteiger partial charge is 0.355 e. The van der Waals surface area contributed by atoms with Crippen LogP contribution in [0.4, 0.5) is 0 Å². The Morgan fingerprint density at radius 1 is 0.826 bits per heavy atom. The van der Waals surface area contributed by atoms with E-state index in [2.05, 4.69) is 0 Å². The Balaban J connectivity index is 1.53. The first-order chi connectivity index (χ1) is 10.9.